The van der Waals surface area contributed by atoms with Crippen molar-refractivity contribution in [2.45, 2.75) is 13.8 Å². The van der Waals surface area contributed by atoms with E-state index in [0.29, 0.717) is 33.8 Å². The number of aryl methyl sites for hydroxylation is 2. The van der Waals surface area contributed by atoms with Gasteiger partial charge in [0.2, 0.25) is 5.95 Å². The van der Waals surface area contributed by atoms with E-state index in [-0.39, 0.29) is 5.82 Å². The summed E-state index contributed by atoms with van der Waals surface area (Å²) in [6, 6.07) is 14.1. The van der Waals surface area contributed by atoms with Crippen molar-refractivity contribution in [1.29, 1.82) is 10.5 Å². The molecule has 2 aromatic carbocycles. The molecule has 0 aliphatic heterocycles. The lowest BCUT2D eigenvalue weighted by Crippen LogP contribution is -2.01. The van der Waals surface area contributed by atoms with Gasteiger partial charge in [0.1, 0.15) is 17.7 Å². The third-order valence-corrected chi connectivity index (χ3v) is 4.95. The molecule has 0 atom stereocenters. The van der Waals surface area contributed by atoms with Crippen molar-refractivity contribution < 1.29 is 4.39 Å². The smallest absolute Gasteiger partial charge is 0.228 e. The van der Waals surface area contributed by atoms with Gasteiger partial charge in [-0.3, -0.25) is 0 Å². The van der Waals surface area contributed by atoms with Crippen LogP contribution in [0.25, 0.3) is 28.1 Å². The van der Waals surface area contributed by atoms with Gasteiger partial charge in [0, 0.05) is 29.4 Å². The van der Waals surface area contributed by atoms with Gasteiger partial charge in [0.25, 0.3) is 0 Å². The van der Waals surface area contributed by atoms with E-state index in [1.54, 1.807) is 24.4 Å². The fourth-order valence-electron chi connectivity index (χ4n) is 3.66. The molecule has 0 amide bonds. The van der Waals surface area contributed by atoms with E-state index in [0.717, 1.165) is 22.3 Å². The van der Waals surface area contributed by atoms with E-state index < -0.39 is 0 Å². The number of aromatic nitrogens is 3. The first-order chi connectivity index (χ1) is 15.5. The van der Waals surface area contributed by atoms with Gasteiger partial charge in [-0.2, -0.15) is 10.5 Å². The summed E-state index contributed by atoms with van der Waals surface area (Å²) in [5.74, 6) is 0.428. The van der Waals surface area contributed by atoms with Crippen molar-refractivity contribution in [2.24, 2.45) is 0 Å². The highest BCUT2D eigenvalue weighted by molar-refractivity contribution is 5.96. The maximum Gasteiger partial charge on any atom is 0.228 e. The lowest BCUT2D eigenvalue weighted by atomic mass is 9.92. The molecular formula is C25H17FN6. The van der Waals surface area contributed by atoms with Crippen LogP contribution in [0.1, 0.15) is 22.3 Å². The molecule has 32 heavy (non-hydrogen) atoms. The normalized spacial score (nSPS) is 10.8. The Morgan fingerprint density at radius 2 is 1.78 bits per heavy atom. The van der Waals surface area contributed by atoms with Crippen molar-refractivity contribution in [1.82, 2.24) is 15.0 Å². The highest BCUT2D eigenvalue weighted by atomic mass is 19.1. The van der Waals surface area contributed by atoms with Gasteiger partial charge in [-0.05, 0) is 66.4 Å². The zero-order valence-electron chi connectivity index (χ0n) is 17.4. The summed E-state index contributed by atoms with van der Waals surface area (Å²) in [6.45, 7) is 3.90. The second kappa shape index (κ2) is 8.63. The first-order valence-corrected chi connectivity index (χ1v) is 9.76. The number of nitrogens with zero attached hydrogens (tertiary/aromatic N) is 5. The Morgan fingerprint density at radius 3 is 2.44 bits per heavy atom. The van der Waals surface area contributed by atoms with Gasteiger partial charge >= 0.3 is 0 Å². The molecule has 0 bridgehead atoms. The molecule has 6 nitrogen and oxygen atoms in total. The number of halogens is 1. The summed E-state index contributed by atoms with van der Waals surface area (Å²) in [6.07, 6.45) is 6.19. The zero-order chi connectivity index (χ0) is 22.7. The number of nitriles is 2. The van der Waals surface area contributed by atoms with Gasteiger partial charge in [0.15, 0.2) is 0 Å². The number of hydrogen-bond donors (Lipinski definition) is 1. The monoisotopic (exact) mass is 420 g/mol. The number of pyridine rings is 1. The Bertz CT molecular complexity index is 1420. The highest BCUT2D eigenvalue weighted by Gasteiger charge is 2.15. The molecule has 0 aliphatic carbocycles. The molecule has 0 unspecified atom stereocenters. The molecule has 2 heterocycles. The molecule has 7 heteroatoms. The van der Waals surface area contributed by atoms with E-state index >= 15 is 0 Å². The summed E-state index contributed by atoms with van der Waals surface area (Å²) in [7, 11) is 0. The second-order valence-electron chi connectivity index (χ2n) is 7.25. The van der Waals surface area contributed by atoms with E-state index in [9.17, 15) is 4.39 Å². The molecule has 0 saturated carbocycles. The van der Waals surface area contributed by atoms with Crippen LogP contribution in [0, 0.1) is 42.3 Å². The maximum atomic E-state index is 14.5. The van der Waals surface area contributed by atoms with Crippen LogP contribution in [0.3, 0.4) is 0 Å². The molecule has 0 fully saturated rings. The lowest BCUT2D eigenvalue weighted by molar-refractivity contribution is 0.630. The quantitative estimate of drug-likeness (QED) is 0.432. The molecule has 0 spiro atoms. The topological polar surface area (TPSA) is 98.3 Å². The Kier molecular flexibility index (Phi) is 5.57. The number of nitrogens with one attached hydrogen (secondary N) is 1. The summed E-state index contributed by atoms with van der Waals surface area (Å²) >= 11 is 0. The molecule has 0 aliphatic rings. The van der Waals surface area contributed by atoms with Crippen LogP contribution >= 0.6 is 0 Å². The molecule has 0 saturated heterocycles. The maximum absolute atomic E-state index is 14.5. The van der Waals surface area contributed by atoms with E-state index in [1.165, 1.54) is 24.4 Å². The number of benzene rings is 2. The molecular weight excluding hydrogens is 403 g/mol. The van der Waals surface area contributed by atoms with E-state index in [2.05, 4.69) is 20.3 Å². The first kappa shape index (κ1) is 20.6. The van der Waals surface area contributed by atoms with E-state index in [4.69, 9.17) is 10.5 Å². The number of anilines is 2. The van der Waals surface area contributed by atoms with Crippen LogP contribution in [0.5, 0.6) is 0 Å². The minimum absolute atomic E-state index is 0.312. The Balaban J connectivity index is 1.83. The fourth-order valence-corrected chi connectivity index (χ4v) is 3.66. The third kappa shape index (κ3) is 4.14. The molecule has 1 N–H and O–H groups in total. The van der Waals surface area contributed by atoms with Gasteiger partial charge in [0.05, 0.1) is 17.1 Å². The SMILES string of the molecule is Cc1cc(C=CC#N)cc(C)c1-c1cc(F)cc2cnc(Nc3ccc(C#N)cn3)nc12. The minimum atomic E-state index is -0.377. The number of allylic oxidation sites excluding steroid dienone is 1. The average Bonchev–Trinajstić information content (AvgIpc) is 2.78. The van der Waals surface area contributed by atoms with Crippen LogP contribution < -0.4 is 5.32 Å². The fraction of sp³-hybridized carbons (Fsp3) is 0.0800. The van der Waals surface area contributed by atoms with E-state index in [1.807, 2.05) is 38.1 Å². The molecule has 154 valence electrons. The predicted molar refractivity (Wildman–Crippen MR) is 121 cm³/mol. The van der Waals surface area contributed by atoms with Gasteiger partial charge in [-0.25, -0.2) is 19.3 Å². The summed E-state index contributed by atoms with van der Waals surface area (Å²) in [5, 5.41) is 21.3. The summed E-state index contributed by atoms with van der Waals surface area (Å²) in [5.41, 5.74) is 5.37. The number of fused-ring (bicyclic) bond motifs is 1. The Labute approximate surface area is 184 Å². The lowest BCUT2D eigenvalue weighted by Gasteiger charge is -2.14. The number of hydrogen-bond acceptors (Lipinski definition) is 6. The van der Waals surface area contributed by atoms with Crippen molar-refractivity contribution in [3.63, 3.8) is 0 Å². The summed E-state index contributed by atoms with van der Waals surface area (Å²) < 4.78 is 14.5. The Morgan fingerprint density at radius 1 is 1.00 bits per heavy atom. The van der Waals surface area contributed by atoms with Crippen molar-refractivity contribution in [3.8, 4) is 23.3 Å². The van der Waals surface area contributed by atoms with Gasteiger partial charge < -0.3 is 5.32 Å². The average molecular weight is 420 g/mol. The Hall–Kier alpha value is -4.62. The molecule has 2 aromatic heterocycles. The molecule has 4 rings (SSSR count). The molecule has 0 radical (unpaired) electrons. The van der Waals surface area contributed by atoms with Crippen molar-refractivity contribution >= 4 is 28.7 Å². The number of rotatable bonds is 4. The van der Waals surface area contributed by atoms with Crippen LogP contribution in [0.2, 0.25) is 0 Å². The third-order valence-electron chi connectivity index (χ3n) is 4.95. The van der Waals surface area contributed by atoms with Crippen molar-refractivity contribution in [3.05, 3.63) is 82.9 Å². The van der Waals surface area contributed by atoms with Crippen LogP contribution in [-0.4, -0.2) is 15.0 Å². The van der Waals surface area contributed by atoms with Crippen LogP contribution in [-0.2, 0) is 0 Å². The zero-order valence-corrected chi connectivity index (χ0v) is 17.4. The van der Waals surface area contributed by atoms with Gasteiger partial charge in [-0.1, -0.05) is 12.1 Å². The largest absolute Gasteiger partial charge is 0.309 e. The van der Waals surface area contributed by atoms with Crippen LogP contribution in [0.4, 0.5) is 16.2 Å². The minimum Gasteiger partial charge on any atom is -0.309 e. The summed E-state index contributed by atoms with van der Waals surface area (Å²) in [4.78, 5) is 13.1. The predicted octanol–water partition coefficient (Wildman–Crippen LogP) is 5.60. The second-order valence-corrected chi connectivity index (χ2v) is 7.25. The molecule has 4 aromatic rings. The van der Waals surface area contributed by atoms with Crippen molar-refractivity contribution in [2.75, 3.05) is 5.32 Å². The van der Waals surface area contributed by atoms with Crippen LogP contribution in [0.15, 0.2) is 54.9 Å². The van der Waals surface area contributed by atoms with Gasteiger partial charge in [-0.15, -0.1) is 0 Å². The highest BCUT2D eigenvalue weighted by Crippen LogP contribution is 2.34. The standard InChI is InChI=1S/C25H17FN6/c1-15-8-17(4-3-7-27)9-16(2)23(15)21-11-20(26)10-19-14-30-25(32-24(19)21)31-22-6-5-18(12-28)13-29-22/h3-6,8-11,13-14H,1-2H3,(H,29,30,31,32). The first-order valence-electron chi connectivity index (χ1n) is 9.76.